The van der Waals surface area contributed by atoms with Crippen LogP contribution in [0.4, 0.5) is 0 Å². The van der Waals surface area contributed by atoms with Crippen LogP contribution in [0.1, 0.15) is 0 Å². The van der Waals surface area contributed by atoms with Crippen molar-refractivity contribution in [1.82, 2.24) is 24.6 Å². The van der Waals surface area contributed by atoms with Crippen molar-refractivity contribution in [3.8, 4) is 22.5 Å². The molecule has 0 saturated heterocycles. The summed E-state index contributed by atoms with van der Waals surface area (Å²) in [7, 11) is 0. The lowest BCUT2D eigenvalue weighted by atomic mass is 10.2. The van der Waals surface area contributed by atoms with Gasteiger partial charge in [0.05, 0.1) is 17.6 Å². The first kappa shape index (κ1) is 11.7. The summed E-state index contributed by atoms with van der Waals surface area (Å²) in [6.45, 7) is 0. The van der Waals surface area contributed by atoms with Crippen LogP contribution in [-0.2, 0) is 0 Å². The van der Waals surface area contributed by atoms with Gasteiger partial charge in [-0.3, -0.25) is 9.97 Å². The van der Waals surface area contributed by atoms with Crippen molar-refractivity contribution < 1.29 is 0 Å². The van der Waals surface area contributed by atoms with Crippen LogP contribution in [0.15, 0.2) is 67.4 Å². The van der Waals surface area contributed by atoms with Crippen LogP contribution in [0.3, 0.4) is 0 Å². The van der Waals surface area contributed by atoms with E-state index in [1.165, 1.54) is 0 Å². The minimum Gasteiger partial charge on any atom is -0.265 e. The Bertz CT molecular complexity index is 884. The van der Waals surface area contributed by atoms with E-state index in [1.54, 1.807) is 24.8 Å². The highest BCUT2D eigenvalue weighted by Crippen LogP contribution is 2.21. The molecule has 0 aliphatic carbocycles. The van der Waals surface area contributed by atoms with E-state index in [9.17, 15) is 0 Å². The second-order valence-corrected chi connectivity index (χ2v) is 4.60. The Balaban J connectivity index is 1.91. The summed E-state index contributed by atoms with van der Waals surface area (Å²) in [6, 6.07) is 11.7. The number of hydrogen-bond donors (Lipinski definition) is 0. The van der Waals surface area contributed by atoms with Crippen molar-refractivity contribution in [2.75, 3.05) is 0 Å². The fourth-order valence-electron chi connectivity index (χ4n) is 2.27. The second-order valence-electron chi connectivity index (χ2n) is 4.60. The Labute approximate surface area is 121 Å². The van der Waals surface area contributed by atoms with Gasteiger partial charge < -0.3 is 0 Å². The summed E-state index contributed by atoms with van der Waals surface area (Å²) in [5.74, 6) is 0. The highest BCUT2D eigenvalue weighted by molar-refractivity contribution is 5.65. The van der Waals surface area contributed by atoms with Crippen LogP contribution in [0.2, 0.25) is 0 Å². The average molecular weight is 273 g/mol. The quantitative estimate of drug-likeness (QED) is 0.563. The predicted octanol–water partition coefficient (Wildman–Crippen LogP) is 2.85. The fourth-order valence-corrected chi connectivity index (χ4v) is 2.27. The Morgan fingerprint density at radius 1 is 0.714 bits per heavy atom. The summed E-state index contributed by atoms with van der Waals surface area (Å²) in [4.78, 5) is 12.5. The van der Waals surface area contributed by atoms with E-state index in [4.69, 9.17) is 0 Å². The van der Waals surface area contributed by atoms with Gasteiger partial charge in [-0.25, -0.2) is 9.50 Å². The summed E-state index contributed by atoms with van der Waals surface area (Å²) in [5, 5.41) is 4.69. The van der Waals surface area contributed by atoms with Crippen LogP contribution in [0.25, 0.3) is 28.2 Å². The van der Waals surface area contributed by atoms with E-state index in [0.29, 0.717) is 0 Å². The van der Waals surface area contributed by atoms with E-state index in [2.05, 4.69) is 20.1 Å². The summed E-state index contributed by atoms with van der Waals surface area (Å²) < 4.78 is 1.85. The molecular weight excluding hydrogens is 262 g/mol. The van der Waals surface area contributed by atoms with Crippen molar-refractivity contribution in [3.63, 3.8) is 0 Å². The lowest BCUT2D eigenvalue weighted by molar-refractivity contribution is 0.948. The molecule has 4 rings (SSSR count). The minimum atomic E-state index is 0.819. The standard InChI is InChI=1S/C16H11N5/c1-2-16-19-11-15(13-5-9-18-10-6-13)21(16)20-14(1)12-3-7-17-8-4-12/h1-11H. The third kappa shape index (κ3) is 2.04. The lowest BCUT2D eigenvalue weighted by Crippen LogP contribution is -1.96. The highest BCUT2D eigenvalue weighted by Gasteiger charge is 2.08. The van der Waals surface area contributed by atoms with Crippen LogP contribution in [0.5, 0.6) is 0 Å². The predicted molar refractivity (Wildman–Crippen MR) is 79.4 cm³/mol. The van der Waals surface area contributed by atoms with Gasteiger partial charge in [-0.05, 0) is 36.4 Å². The molecule has 0 aliphatic rings. The third-order valence-corrected chi connectivity index (χ3v) is 3.31. The summed E-state index contributed by atoms with van der Waals surface area (Å²) in [6.07, 6.45) is 8.88. The fraction of sp³-hybridized carbons (Fsp3) is 0. The van der Waals surface area contributed by atoms with Crippen molar-refractivity contribution in [2.24, 2.45) is 0 Å². The van der Waals surface area contributed by atoms with Gasteiger partial charge in [-0.2, -0.15) is 5.10 Å². The first-order valence-corrected chi connectivity index (χ1v) is 6.57. The van der Waals surface area contributed by atoms with E-state index in [0.717, 1.165) is 28.2 Å². The van der Waals surface area contributed by atoms with E-state index in [1.807, 2.05) is 47.1 Å². The van der Waals surface area contributed by atoms with Gasteiger partial charge in [0.25, 0.3) is 0 Å². The molecule has 0 aliphatic heterocycles. The molecule has 0 atom stereocenters. The number of hydrogen-bond acceptors (Lipinski definition) is 4. The number of pyridine rings is 2. The largest absolute Gasteiger partial charge is 0.265 e. The maximum atomic E-state index is 4.69. The van der Waals surface area contributed by atoms with Crippen molar-refractivity contribution in [3.05, 3.63) is 67.4 Å². The molecule has 4 aromatic rings. The highest BCUT2D eigenvalue weighted by atomic mass is 15.3. The van der Waals surface area contributed by atoms with Gasteiger partial charge in [0, 0.05) is 35.9 Å². The number of fused-ring (bicyclic) bond motifs is 1. The van der Waals surface area contributed by atoms with Gasteiger partial charge in [0.2, 0.25) is 0 Å². The van der Waals surface area contributed by atoms with Crippen molar-refractivity contribution in [1.29, 1.82) is 0 Å². The van der Waals surface area contributed by atoms with Gasteiger partial charge in [0.15, 0.2) is 5.65 Å². The maximum Gasteiger partial charge on any atom is 0.154 e. The van der Waals surface area contributed by atoms with E-state index >= 15 is 0 Å². The van der Waals surface area contributed by atoms with Crippen LogP contribution >= 0.6 is 0 Å². The number of aromatic nitrogens is 5. The molecule has 21 heavy (non-hydrogen) atoms. The molecule has 0 aromatic carbocycles. The molecule has 0 unspecified atom stereocenters. The Morgan fingerprint density at radius 3 is 2.10 bits per heavy atom. The van der Waals surface area contributed by atoms with Gasteiger partial charge >= 0.3 is 0 Å². The zero-order chi connectivity index (χ0) is 14.1. The van der Waals surface area contributed by atoms with Gasteiger partial charge in [-0.1, -0.05) is 0 Å². The Morgan fingerprint density at radius 2 is 1.38 bits per heavy atom. The molecule has 0 amide bonds. The topological polar surface area (TPSA) is 56.0 Å². The minimum absolute atomic E-state index is 0.819. The molecule has 0 saturated carbocycles. The molecule has 100 valence electrons. The molecule has 5 heteroatoms. The van der Waals surface area contributed by atoms with Gasteiger partial charge in [0.1, 0.15) is 0 Å². The zero-order valence-electron chi connectivity index (χ0n) is 11.1. The monoisotopic (exact) mass is 273 g/mol. The number of rotatable bonds is 2. The lowest BCUT2D eigenvalue weighted by Gasteiger charge is -2.04. The SMILES string of the molecule is c1cc(-c2ccc3ncc(-c4ccncc4)n3n2)ccn1. The van der Waals surface area contributed by atoms with Crippen molar-refractivity contribution in [2.45, 2.75) is 0 Å². The molecule has 0 fully saturated rings. The smallest absolute Gasteiger partial charge is 0.154 e. The second kappa shape index (κ2) is 4.79. The molecule has 0 spiro atoms. The summed E-state index contributed by atoms with van der Waals surface area (Å²) >= 11 is 0. The Hall–Kier alpha value is -3.08. The molecular formula is C16H11N5. The first-order chi connectivity index (χ1) is 10.4. The normalized spacial score (nSPS) is 10.9. The zero-order valence-corrected chi connectivity index (χ0v) is 11.1. The average Bonchev–Trinajstić information content (AvgIpc) is 2.99. The molecule has 5 nitrogen and oxygen atoms in total. The maximum absolute atomic E-state index is 4.69. The van der Waals surface area contributed by atoms with E-state index < -0.39 is 0 Å². The Kier molecular flexibility index (Phi) is 2.67. The molecule has 0 N–H and O–H groups in total. The number of imidazole rings is 1. The molecule has 4 aromatic heterocycles. The first-order valence-electron chi connectivity index (χ1n) is 6.57. The van der Waals surface area contributed by atoms with Crippen molar-refractivity contribution >= 4 is 5.65 Å². The van der Waals surface area contributed by atoms with E-state index in [-0.39, 0.29) is 0 Å². The third-order valence-electron chi connectivity index (χ3n) is 3.31. The summed E-state index contributed by atoms with van der Waals surface area (Å²) in [5.41, 5.74) is 4.72. The van der Waals surface area contributed by atoms with Crippen LogP contribution in [0, 0.1) is 0 Å². The molecule has 4 heterocycles. The van der Waals surface area contributed by atoms with Crippen LogP contribution < -0.4 is 0 Å². The molecule has 0 radical (unpaired) electrons. The van der Waals surface area contributed by atoms with Gasteiger partial charge in [-0.15, -0.1) is 0 Å². The van der Waals surface area contributed by atoms with Crippen LogP contribution in [-0.4, -0.2) is 24.6 Å². The number of nitrogens with zero attached hydrogens (tertiary/aromatic N) is 5. The molecule has 0 bridgehead atoms.